The highest BCUT2D eigenvalue weighted by Gasteiger charge is 2.46. The van der Waals surface area contributed by atoms with Crippen LogP contribution in [0.4, 0.5) is 0 Å². The Morgan fingerprint density at radius 1 is 0.972 bits per heavy atom. The third-order valence-electron chi connectivity index (χ3n) is 6.41. The Morgan fingerprint density at radius 3 is 2.33 bits per heavy atom. The van der Waals surface area contributed by atoms with Gasteiger partial charge >= 0.3 is 0 Å². The van der Waals surface area contributed by atoms with E-state index in [0.717, 1.165) is 17.5 Å². The first-order chi connectivity index (χ1) is 17.4. The van der Waals surface area contributed by atoms with Gasteiger partial charge in [-0.2, -0.15) is 0 Å². The molecule has 3 aromatic carbocycles. The van der Waals surface area contributed by atoms with Crippen LogP contribution in [0.2, 0.25) is 0 Å². The Kier molecular flexibility index (Phi) is 7.86. The van der Waals surface area contributed by atoms with Crippen molar-refractivity contribution in [2.75, 3.05) is 20.3 Å². The van der Waals surface area contributed by atoms with E-state index >= 15 is 0 Å². The molecule has 1 saturated heterocycles. The first kappa shape index (κ1) is 25.2. The highest BCUT2D eigenvalue weighted by Crippen LogP contribution is 2.40. The summed E-state index contributed by atoms with van der Waals surface area (Å²) in [6.45, 7) is 4.94. The van der Waals surface area contributed by atoms with Gasteiger partial charge in [-0.3, -0.25) is 9.59 Å². The minimum absolute atomic E-state index is 0.0658. The molecule has 1 aliphatic rings. The number of hydrogen-bond acceptors (Lipinski definition) is 5. The summed E-state index contributed by atoms with van der Waals surface area (Å²) >= 11 is 0. The number of ether oxygens (including phenoxy) is 2. The van der Waals surface area contributed by atoms with Crippen molar-refractivity contribution in [1.82, 2.24) is 4.90 Å². The molecule has 3 aromatic rings. The fourth-order valence-electron chi connectivity index (χ4n) is 4.33. The molecule has 0 saturated carbocycles. The zero-order valence-corrected chi connectivity index (χ0v) is 20.9. The number of ketones is 1. The molecule has 36 heavy (non-hydrogen) atoms. The minimum Gasteiger partial charge on any atom is -0.507 e. The smallest absolute Gasteiger partial charge is 0.295 e. The van der Waals surface area contributed by atoms with E-state index in [2.05, 4.69) is 0 Å². The lowest BCUT2D eigenvalue weighted by Crippen LogP contribution is -2.32. The SMILES string of the molecule is CCc1ccc(/C(O)=C2/C(=O)C(=O)N(CCOC)C2c2cccc(OCc3ccc(C)cc3)c2)cc1. The molecule has 6 nitrogen and oxygen atoms in total. The quantitative estimate of drug-likeness (QED) is 0.256. The van der Waals surface area contributed by atoms with Crippen LogP contribution >= 0.6 is 0 Å². The maximum Gasteiger partial charge on any atom is 0.295 e. The Balaban J connectivity index is 1.71. The molecule has 0 aliphatic carbocycles. The standard InChI is InChI=1S/C30H31NO5/c1-4-21-12-14-23(15-13-21)28(32)26-27(31(16-17-35-3)30(34)29(26)33)24-6-5-7-25(18-24)36-19-22-10-8-20(2)9-11-22/h5-15,18,27,32H,4,16-17,19H2,1-3H3/b28-26-. The van der Waals surface area contributed by atoms with Crippen LogP contribution in [-0.2, 0) is 27.4 Å². The number of benzene rings is 3. The topological polar surface area (TPSA) is 76.1 Å². The van der Waals surface area contributed by atoms with E-state index in [4.69, 9.17) is 9.47 Å². The lowest BCUT2D eigenvalue weighted by Gasteiger charge is -2.25. The number of carbonyl (C=O) groups excluding carboxylic acids is 2. The Labute approximate surface area is 211 Å². The molecular weight excluding hydrogens is 454 g/mol. The van der Waals surface area contributed by atoms with Crippen LogP contribution in [0, 0.1) is 6.92 Å². The van der Waals surface area contributed by atoms with Gasteiger partial charge in [0.25, 0.3) is 11.7 Å². The molecule has 4 rings (SSSR count). The fourth-order valence-corrected chi connectivity index (χ4v) is 4.33. The van der Waals surface area contributed by atoms with Gasteiger partial charge in [-0.25, -0.2) is 0 Å². The zero-order valence-electron chi connectivity index (χ0n) is 20.9. The molecule has 6 heteroatoms. The Hall–Kier alpha value is -3.90. The van der Waals surface area contributed by atoms with Gasteiger partial charge < -0.3 is 19.5 Å². The molecule has 0 radical (unpaired) electrons. The second kappa shape index (κ2) is 11.2. The predicted octanol–water partition coefficient (Wildman–Crippen LogP) is 5.20. The van der Waals surface area contributed by atoms with Crippen molar-refractivity contribution < 1.29 is 24.2 Å². The van der Waals surface area contributed by atoms with Gasteiger partial charge in [0.15, 0.2) is 0 Å². The van der Waals surface area contributed by atoms with Gasteiger partial charge in [0.05, 0.1) is 18.2 Å². The molecule has 1 amide bonds. The van der Waals surface area contributed by atoms with Crippen molar-refractivity contribution in [1.29, 1.82) is 0 Å². The average Bonchev–Trinajstić information content (AvgIpc) is 3.16. The maximum atomic E-state index is 13.1. The summed E-state index contributed by atoms with van der Waals surface area (Å²) in [5, 5.41) is 11.2. The van der Waals surface area contributed by atoms with E-state index in [1.807, 2.05) is 74.5 Å². The summed E-state index contributed by atoms with van der Waals surface area (Å²) in [7, 11) is 1.54. The van der Waals surface area contributed by atoms with E-state index in [1.165, 1.54) is 10.5 Å². The van der Waals surface area contributed by atoms with Gasteiger partial charge in [-0.05, 0) is 42.2 Å². The second-order valence-corrected chi connectivity index (χ2v) is 8.88. The normalized spacial score (nSPS) is 17.0. The summed E-state index contributed by atoms with van der Waals surface area (Å²) in [5.41, 5.74) is 4.56. The van der Waals surface area contributed by atoms with Crippen molar-refractivity contribution >= 4 is 17.4 Å². The van der Waals surface area contributed by atoms with Gasteiger partial charge in [0.1, 0.15) is 18.1 Å². The predicted molar refractivity (Wildman–Crippen MR) is 139 cm³/mol. The largest absolute Gasteiger partial charge is 0.507 e. The van der Waals surface area contributed by atoms with Crippen LogP contribution < -0.4 is 4.74 Å². The Morgan fingerprint density at radius 2 is 1.67 bits per heavy atom. The first-order valence-electron chi connectivity index (χ1n) is 12.1. The van der Waals surface area contributed by atoms with Crippen LogP contribution in [0.5, 0.6) is 5.75 Å². The number of rotatable bonds is 9. The number of aliphatic hydroxyl groups excluding tert-OH is 1. The molecule has 1 N–H and O–H groups in total. The fraction of sp³-hybridized carbons (Fsp3) is 0.267. The number of aryl methyl sites for hydroxylation is 2. The minimum atomic E-state index is -0.756. The van der Waals surface area contributed by atoms with E-state index in [-0.39, 0.29) is 24.5 Å². The summed E-state index contributed by atoms with van der Waals surface area (Å²) in [6.07, 6.45) is 0.859. The number of methoxy groups -OCH3 is 1. The first-order valence-corrected chi connectivity index (χ1v) is 12.1. The molecular formula is C30H31NO5. The highest BCUT2D eigenvalue weighted by atomic mass is 16.5. The summed E-state index contributed by atoms with van der Waals surface area (Å²) < 4.78 is 11.2. The van der Waals surface area contributed by atoms with Crippen molar-refractivity contribution in [3.63, 3.8) is 0 Å². The van der Waals surface area contributed by atoms with Crippen molar-refractivity contribution in [2.24, 2.45) is 0 Å². The molecule has 0 aromatic heterocycles. The second-order valence-electron chi connectivity index (χ2n) is 8.88. The lowest BCUT2D eigenvalue weighted by atomic mass is 9.94. The third kappa shape index (κ3) is 5.34. The average molecular weight is 486 g/mol. The summed E-state index contributed by atoms with van der Waals surface area (Å²) in [6, 6.07) is 22.0. The summed E-state index contributed by atoms with van der Waals surface area (Å²) in [4.78, 5) is 27.6. The van der Waals surface area contributed by atoms with Crippen LogP contribution in [0.25, 0.3) is 5.76 Å². The monoisotopic (exact) mass is 485 g/mol. The van der Waals surface area contributed by atoms with E-state index in [9.17, 15) is 14.7 Å². The molecule has 1 fully saturated rings. The van der Waals surface area contributed by atoms with Gasteiger partial charge in [-0.15, -0.1) is 0 Å². The highest BCUT2D eigenvalue weighted by molar-refractivity contribution is 6.46. The van der Waals surface area contributed by atoms with E-state index in [1.54, 1.807) is 19.2 Å². The van der Waals surface area contributed by atoms with E-state index in [0.29, 0.717) is 23.5 Å². The molecule has 1 heterocycles. The molecule has 186 valence electrons. The van der Waals surface area contributed by atoms with Gasteiger partial charge in [0.2, 0.25) is 0 Å². The maximum absolute atomic E-state index is 13.1. The number of amides is 1. The van der Waals surface area contributed by atoms with Crippen LogP contribution in [-0.4, -0.2) is 42.0 Å². The molecule has 0 bridgehead atoms. The van der Waals surface area contributed by atoms with Gasteiger partial charge in [-0.1, -0.05) is 73.2 Å². The van der Waals surface area contributed by atoms with Crippen LogP contribution in [0.3, 0.4) is 0 Å². The van der Waals surface area contributed by atoms with Crippen molar-refractivity contribution in [3.05, 3.63) is 106 Å². The number of carbonyl (C=O) groups is 2. The molecule has 1 unspecified atom stereocenters. The molecule has 1 atom stereocenters. The number of nitrogens with zero attached hydrogens (tertiary/aromatic N) is 1. The summed E-state index contributed by atoms with van der Waals surface area (Å²) in [5.74, 6) is -0.946. The number of likely N-dealkylation sites (tertiary alicyclic amines) is 1. The molecule has 0 spiro atoms. The third-order valence-corrected chi connectivity index (χ3v) is 6.41. The Bertz CT molecular complexity index is 1260. The number of hydrogen-bond donors (Lipinski definition) is 1. The van der Waals surface area contributed by atoms with E-state index < -0.39 is 17.7 Å². The van der Waals surface area contributed by atoms with Crippen molar-refractivity contribution in [2.45, 2.75) is 32.9 Å². The zero-order chi connectivity index (χ0) is 25.7. The number of aliphatic hydroxyl groups is 1. The molecule has 1 aliphatic heterocycles. The van der Waals surface area contributed by atoms with Crippen molar-refractivity contribution in [3.8, 4) is 5.75 Å². The van der Waals surface area contributed by atoms with Crippen LogP contribution in [0.15, 0.2) is 78.4 Å². The van der Waals surface area contributed by atoms with Gasteiger partial charge in [0, 0.05) is 19.2 Å². The lowest BCUT2D eigenvalue weighted by molar-refractivity contribution is -0.140. The van der Waals surface area contributed by atoms with Crippen LogP contribution in [0.1, 0.15) is 40.8 Å². The number of Topliss-reactive ketones (excluding diaryl/α,β-unsaturated/α-hetero) is 1.